The lowest BCUT2D eigenvalue weighted by Crippen LogP contribution is -2.47. The first-order valence-corrected chi connectivity index (χ1v) is 10.5. The first kappa shape index (κ1) is 22.8. The molecule has 3 N–H and O–H groups in total. The number of fused-ring (bicyclic) bond motifs is 1. The lowest BCUT2D eigenvalue weighted by Gasteiger charge is -2.25. The number of aryl methyl sites for hydroxylation is 1. The molecule has 0 aliphatic carbocycles. The van der Waals surface area contributed by atoms with E-state index >= 15 is 0 Å². The largest absolute Gasteiger partial charge is 0.493 e. The van der Waals surface area contributed by atoms with Crippen molar-refractivity contribution in [3.63, 3.8) is 0 Å². The van der Waals surface area contributed by atoms with Crippen molar-refractivity contribution in [3.05, 3.63) is 35.4 Å². The van der Waals surface area contributed by atoms with E-state index in [1.807, 2.05) is 29.8 Å². The lowest BCUT2D eigenvalue weighted by atomic mass is 10.1. The van der Waals surface area contributed by atoms with E-state index in [-0.39, 0.29) is 19.3 Å². The minimum atomic E-state index is -0.0438. The monoisotopic (exact) mass is 432 g/mol. The normalized spacial score (nSPS) is 16.0. The summed E-state index contributed by atoms with van der Waals surface area (Å²) in [5, 5.41) is 20.3. The first-order valence-electron chi connectivity index (χ1n) is 10.5. The number of aliphatic imine (C=N–C) groups is 1. The molecule has 170 valence electrons. The van der Waals surface area contributed by atoms with Crippen LogP contribution in [0.1, 0.15) is 30.6 Å². The van der Waals surface area contributed by atoms with Crippen LogP contribution in [-0.2, 0) is 30.9 Å². The van der Waals surface area contributed by atoms with E-state index in [0.29, 0.717) is 24.7 Å². The Morgan fingerprint density at radius 3 is 2.94 bits per heavy atom. The average Bonchev–Trinajstić information content (AvgIpc) is 3.18. The average molecular weight is 433 g/mol. The third-order valence-corrected chi connectivity index (χ3v) is 4.86. The molecule has 3 rings (SSSR count). The van der Waals surface area contributed by atoms with Gasteiger partial charge in [-0.1, -0.05) is 6.07 Å². The number of rotatable bonds is 10. The topological polar surface area (TPSA) is 115 Å². The molecule has 0 saturated carbocycles. The van der Waals surface area contributed by atoms with Crippen LogP contribution in [0, 0.1) is 0 Å². The maximum atomic E-state index is 8.94. The molecule has 0 spiro atoms. The Morgan fingerprint density at radius 1 is 1.32 bits per heavy atom. The number of nitrogens with zero attached hydrogens (tertiary/aromatic N) is 4. The van der Waals surface area contributed by atoms with Crippen molar-refractivity contribution in [3.8, 4) is 11.5 Å². The molecule has 1 aliphatic heterocycles. The Hall–Kier alpha value is -2.85. The van der Waals surface area contributed by atoms with Gasteiger partial charge >= 0.3 is 0 Å². The predicted molar refractivity (Wildman–Crippen MR) is 116 cm³/mol. The number of hydrogen-bond donors (Lipinski definition) is 3. The van der Waals surface area contributed by atoms with Gasteiger partial charge in [-0.25, -0.2) is 14.7 Å². The molecule has 0 fully saturated rings. The molecule has 1 unspecified atom stereocenters. The predicted octanol–water partition coefficient (Wildman–Crippen LogP) is 0.874. The quantitative estimate of drug-likeness (QED) is 0.374. The van der Waals surface area contributed by atoms with Gasteiger partial charge in [0.1, 0.15) is 19.0 Å². The van der Waals surface area contributed by atoms with Gasteiger partial charge < -0.3 is 30.0 Å². The lowest BCUT2D eigenvalue weighted by molar-refractivity contribution is 0.177. The summed E-state index contributed by atoms with van der Waals surface area (Å²) in [6.45, 7) is 4.65. The second-order valence-electron chi connectivity index (χ2n) is 7.19. The van der Waals surface area contributed by atoms with Crippen molar-refractivity contribution in [2.45, 2.75) is 45.5 Å². The van der Waals surface area contributed by atoms with Crippen molar-refractivity contribution >= 4 is 5.96 Å². The molecule has 1 atom stereocenters. The van der Waals surface area contributed by atoms with Gasteiger partial charge in [0.15, 0.2) is 23.3 Å². The van der Waals surface area contributed by atoms with Crippen molar-refractivity contribution in [2.75, 3.05) is 34.0 Å². The summed E-state index contributed by atoms with van der Waals surface area (Å²) in [6.07, 6.45) is 1.82. The number of aromatic nitrogens is 3. The van der Waals surface area contributed by atoms with Gasteiger partial charge in [-0.3, -0.25) is 0 Å². The Balaban J connectivity index is 1.63. The van der Waals surface area contributed by atoms with Crippen LogP contribution in [0.5, 0.6) is 11.5 Å². The van der Waals surface area contributed by atoms with Gasteiger partial charge in [-0.2, -0.15) is 5.10 Å². The summed E-state index contributed by atoms with van der Waals surface area (Å²) >= 11 is 0. The zero-order chi connectivity index (χ0) is 22.1. The minimum Gasteiger partial charge on any atom is -0.493 e. The number of aliphatic hydroxyl groups is 1. The van der Waals surface area contributed by atoms with Crippen molar-refractivity contribution in [2.24, 2.45) is 4.99 Å². The number of ether oxygens (including phenoxy) is 3. The summed E-state index contributed by atoms with van der Waals surface area (Å²) < 4.78 is 18.0. The van der Waals surface area contributed by atoms with E-state index in [9.17, 15) is 0 Å². The van der Waals surface area contributed by atoms with Gasteiger partial charge in [0.25, 0.3) is 0 Å². The molecule has 0 amide bonds. The van der Waals surface area contributed by atoms with E-state index in [0.717, 1.165) is 49.1 Å². The molecular weight excluding hydrogens is 400 g/mol. The molecule has 2 aromatic rings. The fourth-order valence-corrected chi connectivity index (χ4v) is 3.44. The van der Waals surface area contributed by atoms with Crippen LogP contribution in [0.4, 0.5) is 0 Å². The van der Waals surface area contributed by atoms with Crippen LogP contribution in [0.25, 0.3) is 0 Å². The second kappa shape index (κ2) is 11.5. The summed E-state index contributed by atoms with van der Waals surface area (Å²) in [5.74, 6) is 3.71. The SMILES string of the molecule is CCNC(=NCc1ccc(OCCO)c(OC)c1)NC1CCc2nc(COC)nn2C1. The first-order chi connectivity index (χ1) is 15.2. The van der Waals surface area contributed by atoms with Crippen molar-refractivity contribution < 1.29 is 19.3 Å². The Labute approximate surface area is 182 Å². The molecule has 10 heteroatoms. The highest BCUT2D eigenvalue weighted by atomic mass is 16.5. The van der Waals surface area contributed by atoms with Gasteiger partial charge in [0.2, 0.25) is 0 Å². The Morgan fingerprint density at radius 2 is 2.19 bits per heavy atom. The smallest absolute Gasteiger partial charge is 0.191 e. The minimum absolute atomic E-state index is 0.0438. The highest BCUT2D eigenvalue weighted by molar-refractivity contribution is 5.80. The van der Waals surface area contributed by atoms with Crippen LogP contribution in [0.2, 0.25) is 0 Å². The molecule has 10 nitrogen and oxygen atoms in total. The van der Waals surface area contributed by atoms with E-state index in [1.165, 1.54) is 0 Å². The second-order valence-corrected chi connectivity index (χ2v) is 7.19. The fraction of sp³-hybridized carbons (Fsp3) is 0.571. The summed E-state index contributed by atoms with van der Waals surface area (Å²) in [5.41, 5.74) is 0.997. The standard InChI is InChI=1S/C21H32N6O4/c1-4-22-21(23-12-15-5-7-17(31-10-9-28)18(11-15)30-3)24-16-6-8-20-25-19(14-29-2)26-27(20)13-16/h5,7,11,16,28H,4,6,8-10,12-14H2,1-3H3,(H2,22,23,24). The number of methoxy groups -OCH3 is 2. The van der Waals surface area contributed by atoms with Crippen LogP contribution >= 0.6 is 0 Å². The van der Waals surface area contributed by atoms with Crippen LogP contribution < -0.4 is 20.1 Å². The highest BCUT2D eigenvalue weighted by Gasteiger charge is 2.22. The zero-order valence-corrected chi connectivity index (χ0v) is 18.4. The molecule has 1 aliphatic rings. The van der Waals surface area contributed by atoms with Crippen molar-refractivity contribution in [1.29, 1.82) is 0 Å². The number of benzene rings is 1. The van der Waals surface area contributed by atoms with Gasteiger partial charge in [-0.05, 0) is 31.0 Å². The number of guanidine groups is 1. The molecule has 0 bridgehead atoms. The highest BCUT2D eigenvalue weighted by Crippen LogP contribution is 2.28. The fourth-order valence-electron chi connectivity index (χ4n) is 3.44. The van der Waals surface area contributed by atoms with Crippen LogP contribution in [-0.4, -0.2) is 65.9 Å². The molecular formula is C21H32N6O4. The number of aliphatic hydroxyl groups excluding tert-OH is 1. The number of nitrogens with one attached hydrogen (secondary N) is 2. The Bertz CT molecular complexity index is 870. The van der Waals surface area contributed by atoms with E-state index in [2.05, 4.69) is 20.7 Å². The van der Waals surface area contributed by atoms with Gasteiger partial charge in [0.05, 0.1) is 26.8 Å². The summed E-state index contributed by atoms with van der Waals surface area (Å²) in [4.78, 5) is 9.25. The summed E-state index contributed by atoms with van der Waals surface area (Å²) in [7, 11) is 3.24. The number of hydrogen-bond acceptors (Lipinski definition) is 7. The zero-order valence-electron chi connectivity index (χ0n) is 18.4. The molecule has 1 aromatic heterocycles. The third-order valence-electron chi connectivity index (χ3n) is 4.86. The summed E-state index contributed by atoms with van der Waals surface area (Å²) in [6, 6.07) is 5.90. The Kier molecular flexibility index (Phi) is 8.48. The van der Waals surface area contributed by atoms with Gasteiger partial charge in [0, 0.05) is 26.1 Å². The van der Waals surface area contributed by atoms with Crippen molar-refractivity contribution in [1.82, 2.24) is 25.4 Å². The molecule has 0 radical (unpaired) electrons. The molecule has 1 aromatic carbocycles. The van der Waals surface area contributed by atoms with Crippen LogP contribution in [0.3, 0.4) is 0 Å². The van der Waals surface area contributed by atoms with E-state index in [4.69, 9.17) is 24.3 Å². The van der Waals surface area contributed by atoms with Crippen LogP contribution in [0.15, 0.2) is 23.2 Å². The molecule has 0 saturated heterocycles. The molecule has 2 heterocycles. The maximum absolute atomic E-state index is 8.94. The van der Waals surface area contributed by atoms with E-state index < -0.39 is 0 Å². The maximum Gasteiger partial charge on any atom is 0.191 e. The third kappa shape index (κ3) is 6.31. The van der Waals surface area contributed by atoms with Gasteiger partial charge in [-0.15, -0.1) is 0 Å². The molecule has 31 heavy (non-hydrogen) atoms. The van der Waals surface area contributed by atoms with E-state index in [1.54, 1.807) is 14.2 Å².